The van der Waals surface area contributed by atoms with Crippen molar-refractivity contribution in [3.63, 3.8) is 0 Å². The quantitative estimate of drug-likeness (QED) is 0.498. The number of rotatable bonds is 6. The van der Waals surface area contributed by atoms with Crippen molar-refractivity contribution < 1.29 is 14.6 Å². The van der Waals surface area contributed by atoms with E-state index >= 15 is 0 Å². The highest BCUT2D eigenvalue weighted by Crippen LogP contribution is 2.36. The summed E-state index contributed by atoms with van der Waals surface area (Å²) < 4.78 is 0. The van der Waals surface area contributed by atoms with Crippen LogP contribution in [-0.2, 0) is 9.59 Å². The molecule has 1 aliphatic heterocycles. The van der Waals surface area contributed by atoms with Crippen molar-refractivity contribution in [3.05, 3.63) is 72.4 Å². The number of fused-ring (bicyclic) bond motifs is 1. The van der Waals surface area contributed by atoms with Crippen LogP contribution in [0.4, 0.5) is 5.69 Å². The van der Waals surface area contributed by atoms with Crippen LogP contribution in [-0.4, -0.2) is 54.5 Å². The molecule has 3 aromatic rings. The van der Waals surface area contributed by atoms with Crippen LogP contribution >= 0.6 is 0 Å². The molecule has 1 saturated heterocycles. The molecule has 1 fully saturated rings. The van der Waals surface area contributed by atoms with E-state index in [4.69, 9.17) is 0 Å². The van der Waals surface area contributed by atoms with Gasteiger partial charge in [-0.2, -0.15) is 0 Å². The first-order chi connectivity index (χ1) is 15.1. The highest BCUT2D eigenvalue weighted by atomic mass is 16.2. The van der Waals surface area contributed by atoms with Crippen molar-refractivity contribution in [2.45, 2.75) is 19.2 Å². The zero-order valence-corrected chi connectivity index (χ0v) is 17.5. The standard InChI is InChI=1S/C23H24B2N3O3/c1-25(31)28(21-11-5-9-18-10-6-13-26-22(18)21)23(30)20-15-27(24-16-29)14-12-19(20)17-7-3-2-4-8-17/h2-11,13,16,19-20,31H,12,14-15H2,1H3/t19-,20-/m0/s1. The molecule has 155 valence electrons. The second-order valence-corrected chi connectivity index (χ2v) is 7.88. The van der Waals surface area contributed by atoms with E-state index in [0.29, 0.717) is 24.3 Å². The molecule has 0 saturated carbocycles. The fraction of sp³-hybridized carbons (Fsp3) is 0.261. The Hall–Kier alpha value is -2.96. The van der Waals surface area contributed by atoms with E-state index < -0.39 is 13.0 Å². The van der Waals surface area contributed by atoms with Gasteiger partial charge in [-0.3, -0.25) is 9.78 Å². The Morgan fingerprint density at radius 3 is 2.71 bits per heavy atom. The molecule has 6 nitrogen and oxygen atoms in total. The van der Waals surface area contributed by atoms with E-state index in [0.717, 1.165) is 23.6 Å². The summed E-state index contributed by atoms with van der Waals surface area (Å²) in [6, 6.07) is 19.4. The van der Waals surface area contributed by atoms with Gasteiger partial charge in [0.2, 0.25) is 5.91 Å². The number of para-hydroxylation sites is 1. The Labute approximate surface area is 183 Å². The molecule has 4 rings (SSSR count). The van der Waals surface area contributed by atoms with Crippen LogP contribution in [0.5, 0.6) is 0 Å². The van der Waals surface area contributed by atoms with Crippen molar-refractivity contribution in [1.82, 2.24) is 9.79 Å². The lowest BCUT2D eigenvalue weighted by molar-refractivity contribution is -0.123. The third-order valence-electron chi connectivity index (χ3n) is 5.94. The van der Waals surface area contributed by atoms with Crippen LogP contribution in [0.2, 0.25) is 6.82 Å². The van der Waals surface area contributed by atoms with Crippen LogP contribution in [0.3, 0.4) is 0 Å². The number of nitrogens with zero attached hydrogens (tertiary/aromatic N) is 3. The normalized spacial score (nSPS) is 19.0. The Morgan fingerprint density at radius 2 is 1.97 bits per heavy atom. The largest absolute Gasteiger partial charge is 0.432 e. The van der Waals surface area contributed by atoms with E-state index in [1.165, 1.54) is 12.2 Å². The van der Waals surface area contributed by atoms with Crippen molar-refractivity contribution in [1.29, 1.82) is 0 Å². The predicted molar refractivity (Wildman–Crippen MR) is 124 cm³/mol. The van der Waals surface area contributed by atoms with Gasteiger partial charge in [0.1, 0.15) is 0 Å². The maximum atomic E-state index is 13.9. The molecule has 0 aliphatic carbocycles. The van der Waals surface area contributed by atoms with E-state index in [1.807, 2.05) is 65.5 Å². The molecule has 1 N–H and O–H groups in total. The van der Waals surface area contributed by atoms with Gasteiger partial charge < -0.3 is 19.4 Å². The number of hydrogen-bond donors (Lipinski definition) is 1. The predicted octanol–water partition coefficient (Wildman–Crippen LogP) is 2.59. The number of anilines is 1. The van der Waals surface area contributed by atoms with Crippen LogP contribution in [0.1, 0.15) is 17.9 Å². The molecule has 1 aromatic heterocycles. The molecule has 31 heavy (non-hydrogen) atoms. The molecule has 0 unspecified atom stereocenters. The SMILES string of the molecule is CB(O)N(C(=O)[C@H]1CN([B]C=O)CC[C@H]1c1ccccc1)c1cccc2cccnc12. The smallest absolute Gasteiger partial charge is 0.416 e. The average Bonchev–Trinajstić information content (AvgIpc) is 2.80. The Morgan fingerprint density at radius 1 is 1.19 bits per heavy atom. The van der Waals surface area contributed by atoms with Crippen molar-refractivity contribution >= 4 is 43.1 Å². The molecule has 0 bridgehead atoms. The summed E-state index contributed by atoms with van der Waals surface area (Å²) in [7, 11) is 0.468. The lowest BCUT2D eigenvalue weighted by atomic mass is 9.74. The molecular weight excluding hydrogens is 388 g/mol. The zero-order chi connectivity index (χ0) is 21.8. The summed E-state index contributed by atoms with van der Waals surface area (Å²) in [6.07, 6.45) is 3.18. The molecule has 2 aromatic carbocycles. The fourth-order valence-electron chi connectivity index (χ4n) is 4.51. The highest BCUT2D eigenvalue weighted by Gasteiger charge is 2.40. The molecule has 2 heterocycles. The summed E-state index contributed by atoms with van der Waals surface area (Å²) in [6.45, 7) is 2.71. The van der Waals surface area contributed by atoms with Crippen LogP contribution < -0.4 is 4.81 Å². The van der Waals surface area contributed by atoms with E-state index in [1.54, 1.807) is 13.0 Å². The van der Waals surface area contributed by atoms with Crippen LogP contribution in [0, 0.1) is 5.92 Å². The highest BCUT2D eigenvalue weighted by molar-refractivity contribution is 6.64. The minimum absolute atomic E-state index is 0.00538. The van der Waals surface area contributed by atoms with Crippen molar-refractivity contribution in [2.75, 3.05) is 17.9 Å². The third kappa shape index (κ3) is 4.40. The van der Waals surface area contributed by atoms with Gasteiger partial charge in [-0.05, 0) is 49.9 Å². The summed E-state index contributed by atoms with van der Waals surface area (Å²) in [4.78, 5) is 32.8. The lowest BCUT2D eigenvalue weighted by Gasteiger charge is -2.40. The number of benzene rings is 2. The third-order valence-corrected chi connectivity index (χ3v) is 5.94. The first kappa shape index (κ1) is 21.3. The maximum Gasteiger partial charge on any atom is 0.416 e. The van der Waals surface area contributed by atoms with E-state index in [9.17, 15) is 14.6 Å². The van der Waals surface area contributed by atoms with E-state index in [2.05, 4.69) is 4.98 Å². The second kappa shape index (κ2) is 9.45. The first-order valence-corrected chi connectivity index (χ1v) is 10.5. The molecule has 1 amide bonds. The first-order valence-electron chi connectivity index (χ1n) is 10.5. The summed E-state index contributed by atoms with van der Waals surface area (Å²) in [5.41, 5.74) is 2.34. The van der Waals surface area contributed by atoms with Crippen molar-refractivity contribution in [2.24, 2.45) is 5.92 Å². The summed E-state index contributed by atoms with van der Waals surface area (Å²) >= 11 is 0. The molecule has 2 atom stereocenters. The minimum atomic E-state index is -1.03. The molecular formula is C23H24B2N3O3. The Balaban J connectivity index is 1.75. The van der Waals surface area contributed by atoms with Gasteiger partial charge in [0.25, 0.3) is 7.41 Å². The number of carbonyl (C=O) groups is 2. The Bertz CT molecular complexity index is 1060. The van der Waals surface area contributed by atoms with Gasteiger partial charge in [-0.15, -0.1) is 0 Å². The maximum absolute atomic E-state index is 13.9. The minimum Gasteiger partial charge on any atom is -0.432 e. The van der Waals surface area contributed by atoms with Gasteiger partial charge >= 0.3 is 7.05 Å². The number of hydrogen-bond acceptors (Lipinski definition) is 5. The zero-order valence-electron chi connectivity index (χ0n) is 17.5. The summed E-state index contributed by atoms with van der Waals surface area (Å²) in [5, 5.41) is 11.6. The van der Waals surface area contributed by atoms with Gasteiger partial charge in [0, 0.05) is 11.6 Å². The Kier molecular flexibility index (Phi) is 6.49. The molecule has 8 heteroatoms. The molecule has 1 radical (unpaired) electrons. The number of aromatic nitrogens is 1. The number of amides is 1. The number of piperidine rings is 1. The fourth-order valence-corrected chi connectivity index (χ4v) is 4.51. The van der Waals surface area contributed by atoms with Gasteiger partial charge in [0.05, 0.1) is 23.3 Å². The lowest BCUT2D eigenvalue weighted by Crippen LogP contribution is -2.53. The number of carbonyl (C=O) groups excluding carboxylic acids is 2. The topological polar surface area (TPSA) is 73.7 Å². The molecule has 0 spiro atoms. The molecule has 1 aliphatic rings. The second-order valence-electron chi connectivity index (χ2n) is 7.88. The summed E-state index contributed by atoms with van der Waals surface area (Å²) in [5.74, 6) is -0.596. The van der Waals surface area contributed by atoms with Gasteiger partial charge in [0.15, 0.2) is 0 Å². The van der Waals surface area contributed by atoms with Crippen LogP contribution in [0.15, 0.2) is 66.9 Å². The van der Waals surface area contributed by atoms with Crippen molar-refractivity contribution in [3.8, 4) is 0 Å². The van der Waals surface area contributed by atoms with E-state index in [-0.39, 0.29) is 11.8 Å². The number of pyridine rings is 1. The van der Waals surface area contributed by atoms with Gasteiger partial charge in [-0.25, -0.2) is 0 Å². The monoisotopic (exact) mass is 412 g/mol. The van der Waals surface area contributed by atoms with Crippen LogP contribution in [0.25, 0.3) is 10.9 Å². The average molecular weight is 412 g/mol. The van der Waals surface area contributed by atoms with Gasteiger partial charge in [-0.1, -0.05) is 48.5 Å².